The van der Waals surface area contributed by atoms with Gasteiger partial charge in [-0.15, -0.1) is 0 Å². The van der Waals surface area contributed by atoms with Crippen molar-refractivity contribution in [2.24, 2.45) is 0 Å². The molecule has 0 spiro atoms. The van der Waals surface area contributed by atoms with Crippen molar-refractivity contribution >= 4 is 17.6 Å². The average molecular weight is 281 g/mol. The van der Waals surface area contributed by atoms with Crippen molar-refractivity contribution in [3.8, 4) is 0 Å². The number of hydrogen-bond acceptors (Lipinski definition) is 4. The van der Waals surface area contributed by atoms with Crippen LogP contribution in [-0.2, 0) is 6.54 Å². The molecule has 0 amide bonds. The summed E-state index contributed by atoms with van der Waals surface area (Å²) in [5, 5.41) is 3.46. The van der Waals surface area contributed by atoms with E-state index in [1.165, 1.54) is 17.7 Å². The van der Waals surface area contributed by atoms with E-state index in [1.54, 1.807) is 0 Å². The Balaban J connectivity index is 2.69. The highest BCUT2D eigenvalue weighted by molar-refractivity contribution is 7.98. The minimum atomic E-state index is 0.521. The van der Waals surface area contributed by atoms with Crippen LogP contribution >= 0.6 is 11.8 Å². The van der Waals surface area contributed by atoms with Crippen LogP contribution in [0.2, 0.25) is 0 Å². The number of thioether (sulfide) groups is 1. The average Bonchev–Trinajstić information content (AvgIpc) is 2.44. The molecule has 0 bridgehead atoms. The monoisotopic (exact) mass is 281 g/mol. The number of anilines is 1. The van der Waals surface area contributed by atoms with E-state index in [4.69, 9.17) is 0 Å². The standard InChI is InChI=1S/C15H27N3S/c1-5-9-16-12-14-7-6-10-17-15(14)18(3)13(2)8-11-19-4/h6-7,10,13,16H,5,8-9,11-12H2,1-4H3. The van der Waals surface area contributed by atoms with Crippen LogP contribution in [0.3, 0.4) is 0 Å². The van der Waals surface area contributed by atoms with Gasteiger partial charge in [-0.05, 0) is 44.4 Å². The zero-order valence-corrected chi connectivity index (χ0v) is 13.5. The molecule has 0 fully saturated rings. The molecule has 1 N–H and O–H groups in total. The van der Waals surface area contributed by atoms with Gasteiger partial charge >= 0.3 is 0 Å². The smallest absolute Gasteiger partial charge is 0.132 e. The summed E-state index contributed by atoms with van der Waals surface area (Å²) in [4.78, 5) is 6.87. The van der Waals surface area contributed by atoms with Gasteiger partial charge in [0.15, 0.2) is 0 Å². The molecular formula is C15H27N3S. The van der Waals surface area contributed by atoms with Crippen molar-refractivity contribution in [2.75, 3.05) is 30.5 Å². The first-order valence-corrected chi connectivity index (χ1v) is 8.46. The maximum Gasteiger partial charge on any atom is 0.132 e. The first-order chi connectivity index (χ1) is 9.20. The highest BCUT2D eigenvalue weighted by atomic mass is 32.2. The van der Waals surface area contributed by atoms with Gasteiger partial charge in [-0.25, -0.2) is 4.98 Å². The molecule has 0 aliphatic carbocycles. The van der Waals surface area contributed by atoms with E-state index in [0.717, 1.165) is 25.3 Å². The van der Waals surface area contributed by atoms with Crippen LogP contribution in [0.25, 0.3) is 0 Å². The molecule has 0 saturated heterocycles. The Morgan fingerprint density at radius 3 is 2.95 bits per heavy atom. The van der Waals surface area contributed by atoms with Gasteiger partial charge in [0.25, 0.3) is 0 Å². The van der Waals surface area contributed by atoms with Crippen LogP contribution in [-0.4, -0.2) is 36.6 Å². The van der Waals surface area contributed by atoms with E-state index in [9.17, 15) is 0 Å². The molecule has 0 aliphatic heterocycles. The zero-order valence-electron chi connectivity index (χ0n) is 12.6. The summed E-state index contributed by atoms with van der Waals surface area (Å²) in [6.45, 7) is 6.42. The molecule has 1 rings (SSSR count). The molecule has 1 atom stereocenters. The van der Waals surface area contributed by atoms with Gasteiger partial charge in [-0.1, -0.05) is 13.0 Å². The predicted octanol–water partition coefficient (Wildman–Crippen LogP) is 3.16. The summed E-state index contributed by atoms with van der Waals surface area (Å²) < 4.78 is 0. The van der Waals surface area contributed by atoms with Crippen molar-refractivity contribution in [1.82, 2.24) is 10.3 Å². The van der Waals surface area contributed by atoms with E-state index in [1.807, 2.05) is 24.0 Å². The van der Waals surface area contributed by atoms with E-state index in [2.05, 4.69) is 48.4 Å². The van der Waals surface area contributed by atoms with Crippen molar-refractivity contribution in [2.45, 2.75) is 39.3 Å². The van der Waals surface area contributed by atoms with Gasteiger partial charge in [0.05, 0.1) is 0 Å². The summed E-state index contributed by atoms with van der Waals surface area (Å²) in [5.74, 6) is 2.31. The fraction of sp³-hybridized carbons (Fsp3) is 0.667. The third-order valence-corrected chi connectivity index (χ3v) is 3.99. The third-order valence-electron chi connectivity index (χ3n) is 3.34. The van der Waals surface area contributed by atoms with Crippen molar-refractivity contribution < 1.29 is 0 Å². The summed E-state index contributed by atoms with van der Waals surface area (Å²) in [6.07, 6.45) is 6.40. The lowest BCUT2D eigenvalue weighted by Gasteiger charge is -2.27. The second kappa shape index (κ2) is 9.21. The van der Waals surface area contributed by atoms with E-state index < -0.39 is 0 Å². The second-order valence-electron chi connectivity index (χ2n) is 4.90. The van der Waals surface area contributed by atoms with Crippen LogP contribution in [0.1, 0.15) is 32.3 Å². The van der Waals surface area contributed by atoms with Crippen molar-refractivity contribution in [1.29, 1.82) is 0 Å². The zero-order chi connectivity index (χ0) is 14.1. The Labute approximate surface area is 122 Å². The number of hydrogen-bond donors (Lipinski definition) is 1. The third kappa shape index (κ3) is 5.41. The van der Waals surface area contributed by atoms with Gasteiger partial charge < -0.3 is 10.2 Å². The van der Waals surface area contributed by atoms with E-state index in [-0.39, 0.29) is 0 Å². The molecule has 3 nitrogen and oxygen atoms in total. The first-order valence-electron chi connectivity index (χ1n) is 7.07. The molecule has 1 aromatic heterocycles. The Hall–Kier alpha value is -0.740. The van der Waals surface area contributed by atoms with Gasteiger partial charge in [0.2, 0.25) is 0 Å². The SMILES string of the molecule is CCCNCc1cccnc1N(C)C(C)CCSC. The highest BCUT2D eigenvalue weighted by Gasteiger charge is 2.14. The topological polar surface area (TPSA) is 28.2 Å². The van der Waals surface area contributed by atoms with Crippen LogP contribution in [0.5, 0.6) is 0 Å². The highest BCUT2D eigenvalue weighted by Crippen LogP contribution is 2.19. The lowest BCUT2D eigenvalue weighted by atomic mass is 10.2. The van der Waals surface area contributed by atoms with Crippen molar-refractivity contribution in [3.63, 3.8) is 0 Å². The largest absolute Gasteiger partial charge is 0.357 e. The van der Waals surface area contributed by atoms with Gasteiger partial charge in [0, 0.05) is 31.4 Å². The molecular weight excluding hydrogens is 254 g/mol. The minimum absolute atomic E-state index is 0.521. The molecule has 108 valence electrons. The first kappa shape index (κ1) is 16.3. The number of nitrogens with one attached hydrogen (secondary N) is 1. The Bertz CT molecular complexity index is 357. The molecule has 19 heavy (non-hydrogen) atoms. The van der Waals surface area contributed by atoms with Gasteiger partial charge in [-0.3, -0.25) is 0 Å². The number of nitrogens with zero attached hydrogens (tertiary/aromatic N) is 2. The van der Waals surface area contributed by atoms with Crippen LogP contribution in [0, 0.1) is 0 Å². The van der Waals surface area contributed by atoms with Crippen LogP contribution in [0.15, 0.2) is 18.3 Å². The van der Waals surface area contributed by atoms with E-state index >= 15 is 0 Å². The van der Waals surface area contributed by atoms with Gasteiger partial charge in [0.1, 0.15) is 5.82 Å². The molecule has 1 heterocycles. The molecule has 1 unspecified atom stereocenters. The molecule has 0 saturated carbocycles. The van der Waals surface area contributed by atoms with Crippen molar-refractivity contribution in [3.05, 3.63) is 23.9 Å². The fourth-order valence-electron chi connectivity index (χ4n) is 1.98. The summed E-state index contributed by atoms with van der Waals surface area (Å²) in [6, 6.07) is 4.71. The number of rotatable bonds is 9. The van der Waals surface area contributed by atoms with E-state index in [0.29, 0.717) is 6.04 Å². The maximum absolute atomic E-state index is 4.57. The quantitative estimate of drug-likeness (QED) is 0.704. The summed E-state index contributed by atoms with van der Waals surface area (Å²) >= 11 is 1.90. The Morgan fingerprint density at radius 1 is 1.47 bits per heavy atom. The molecule has 1 aromatic rings. The molecule has 0 aromatic carbocycles. The van der Waals surface area contributed by atoms with Crippen LogP contribution < -0.4 is 10.2 Å². The minimum Gasteiger partial charge on any atom is -0.357 e. The molecule has 4 heteroatoms. The molecule has 0 radical (unpaired) electrons. The lowest BCUT2D eigenvalue weighted by Crippen LogP contribution is -2.31. The normalized spacial score (nSPS) is 12.4. The van der Waals surface area contributed by atoms with Crippen LogP contribution in [0.4, 0.5) is 5.82 Å². The van der Waals surface area contributed by atoms with Gasteiger partial charge in [-0.2, -0.15) is 11.8 Å². The Kier molecular flexibility index (Phi) is 7.91. The lowest BCUT2D eigenvalue weighted by molar-refractivity contribution is 0.643. The Morgan fingerprint density at radius 2 is 2.26 bits per heavy atom. The number of aromatic nitrogens is 1. The maximum atomic E-state index is 4.57. The molecule has 0 aliphatic rings. The second-order valence-corrected chi connectivity index (χ2v) is 5.89. The summed E-state index contributed by atoms with van der Waals surface area (Å²) in [7, 11) is 2.15. The fourth-order valence-corrected chi connectivity index (χ4v) is 2.55. The number of pyridine rings is 1. The predicted molar refractivity (Wildman–Crippen MR) is 87.1 cm³/mol. The summed E-state index contributed by atoms with van der Waals surface area (Å²) in [5.41, 5.74) is 1.29.